The van der Waals surface area contributed by atoms with Gasteiger partial charge in [0.05, 0.1) is 23.4 Å². The number of fused-ring (bicyclic) bond motifs is 1. The van der Waals surface area contributed by atoms with E-state index in [4.69, 9.17) is 0 Å². The normalized spacial score (nSPS) is 18.1. The molecule has 0 atom stereocenters. The zero-order valence-corrected chi connectivity index (χ0v) is 21.6. The number of aromatic nitrogens is 1. The number of imide groups is 1. The lowest BCUT2D eigenvalue weighted by Crippen LogP contribution is -2.51. The topological polar surface area (TPSA) is 77.1 Å². The fraction of sp³-hybridized carbons (Fsp3) is 0.333. The van der Waals surface area contributed by atoms with Gasteiger partial charge in [0, 0.05) is 63.3 Å². The predicted octanol–water partition coefficient (Wildman–Crippen LogP) is 3.58. The van der Waals surface area contributed by atoms with Gasteiger partial charge in [-0.2, -0.15) is 0 Å². The molecular formula is C30H30FN5O3. The minimum atomic E-state index is -0.279. The maximum Gasteiger partial charge on any atom is 0.263 e. The van der Waals surface area contributed by atoms with Gasteiger partial charge in [0.15, 0.2) is 0 Å². The Morgan fingerprint density at radius 1 is 0.821 bits per heavy atom. The number of amides is 3. The van der Waals surface area contributed by atoms with Crippen LogP contribution < -0.4 is 9.80 Å². The van der Waals surface area contributed by atoms with Crippen LogP contribution in [0, 0.1) is 11.7 Å². The molecule has 3 aliphatic heterocycles. The van der Waals surface area contributed by atoms with Gasteiger partial charge in [-0.25, -0.2) is 4.39 Å². The average molecular weight is 528 g/mol. The fourth-order valence-corrected chi connectivity index (χ4v) is 5.86. The zero-order valence-electron chi connectivity index (χ0n) is 21.6. The number of carbonyl (C=O) groups is 3. The van der Waals surface area contributed by atoms with Crippen molar-refractivity contribution in [2.45, 2.75) is 19.4 Å². The molecule has 0 saturated carbocycles. The lowest BCUT2D eigenvalue weighted by atomic mass is 9.93. The van der Waals surface area contributed by atoms with Crippen LogP contribution in [0.5, 0.6) is 0 Å². The summed E-state index contributed by atoms with van der Waals surface area (Å²) in [5, 5.41) is 0. The maximum absolute atomic E-state index is 13.4. The Kier molecular flexibility index (Phi) is 6.72. The number of rotatable bonds is 5. The third kappa shape index (κ3) is 4.84. The molecule has 6 rings (SSSR count). The maximum atomic E-state index is 13.4. The molecule has 0 aliphatic carbocycles. The molecule has 1 aromatic heterocycles. The number of carbonyl (C=O) groups excluding carboxylic acids is 3. The van der Waals surface area contributed by atoms with Crippen LogP contribution in [0.25, 0.3) is 0 Å². The second-order valence-electron chi connectivity index (χ2n) is 10.3. The Morgan fingerprint density at radius 2 is 1.51 bits per heavy atom. The molecule has 0 unspecified atom stereocenters. The SMILES string of the molecule is O=C(C1CCN(c2cccc3c2C(=O)N(Cc2ccncc2)C3=O)CC1)N1CCN(c2ccc(F)cc2)CC1. The number of halogens is 1. The monoisotopic (exact) mass is 527 g/mol. The molecule has 3 aliphatic rings. The summed E-state index contributed by atoms with van der Waals surface area (Å²) in [7, 11) is 0. The van der Waals surface area contributed by atoms with Crippen molar-refractivity contribution in [2.75, 3.05) is 49.1 Å². The zero-order chi connectivity index (χ0) is 26.9. The minimum Gasteiger partial charge on any atom is -0.371 e. The van der Waals surface area contributed by atoms with Gasteiger partial charge >= 0.3 is 0 Å². The van der Waals surface area contributed by atoms with Crippen molar-refractivity contribution in [2.24, 2.45) is 5.92 Å². The lowest BCUT2D eigenvalue weighted by Gasteiger charge is -2.40. The Hall–Kier alpha value is -4.27. The summed E-state index contributed by atoms with van der Waals surface area (Å²) in [6.45, 7) is 4.23. The predicted molar refractivity (Wildman–Crippen MR) is 145 cm³/mol. The number of piperazine rings is 1. The van der Waals surface area contributed by atoms with E-state index >= 15 is 0 Å². The van der Waals surface area contributed by atoms with Crippen molar-refractivity contribution in [3.63, 3.8) is 0 Å². The number of anilines is 2. The largest absolute Gasteiger partial charge is 0.371 e. The van der Waals surface area contributed by atoms with E-state index in [9.17, 15) is 18.8 Å². The van der Waals surface area contributed by atoms with Gasteiger partial charge in [-0.15, -0.1) is 0 Å². The Balaban J connectivity index is 1.08. The summed E-state index contributed by atoms with van der Waals surface area (Å²) in [5.74, 6) is -0.687. The van der Waals surface area contributed by atoms with E-state index in [0.29, 0.717) is 50.1 Å². The van der Waals surface area contributed by atoms with Crippen LogP contribution in [0.1, 0.15) is 39.1 Å². The number of nitrogens with zero attached hydrogens (tertiary/aromatic N) is 5. The molecule has 0 N–H and O–H groups in total. The van der Waals surface area contributed by atoms with Crippen LogP contribution in [0.15, 0.2) is 67.0 Å². The minimum absolute atomic E-state index is 0.0593. The summed E-state index contributed by atoms with van der Waals surface area (Å²) in [6.07, 6.45) is 4.69. The molecule has 200 valence electrons. The van der Waals surface area contributed by atoms with Crippen molar-refractivity contribution in [1.29, 1.82) is 0 Å². The van der Waals surface area contributed by atoms with Crippen LogP contribution in [-0.4, -0.2) is 71.8 Å². The molecule has 2 saturated heterocycles. The van der Waals surface area contributed by atoms with Gasteiger partial charge in [0.1, 0.15) is 5.82 Å². The van der Waals surface area contributed by atoms with Gasteiger partial charge in [0.2, 0.25) is 5.91 Å². The molecule has 0 radical (unpaired) electrons. The lowest BCUT2D eigenvalue weighted by molar-refractivity contribution is -0.136. The van der Waals surface area contributed by atoms with E-state index in [1.807, 2.05) is 17.0 Å². The van der Waals surface area contributed by atoms with Crippen molar-refractivity contribution in [1.82, 2.24) is 14.8 Å². The smallest absolute Gasteiger partial charge is 0.263 e. The summed E-state index contributed by atoms with van der Waals surface area (Å²) in [5.41, 5.74) is 3.47. The van der Waals surface area contributed by atoms with Crippen LogP contribution in [-0.2, 0) is 11.3 Å². The standard InChI is InChI=1S/C30H30FN5O3/c31-23-4-6-24(7-5-23)33-16-18-35(19-17-33)28(37)22-10-14-34(15-11-22)26-3-1-2-25-27(26)30(39)36(29(25)38)20-21-8-12-32-13-9-21/h1-9,12-13,22H,10-11,14-20H2. The van der Waals surface area contributed by atoms with Crippen molar-refractivity contribution < 1.29 is 18.8 Å². The molecule has 0 spiro atoms. The molecule has 3 aromatic rings. The highest BCUT2D eigenvalue weighted by Crippen LogP contribution is 2.35. The molecule has 0 bridgehead atoms. The number of pyridine rings is 1. The van der Waals surface area contributed by atoms with Crippen LogP contribution in [0.3, 0.4) is 0 Å². The second kappa shape index (κ2) is 10.5. The van der Waals surface area contributed by atoms with E-state index in [2.05, 4.69) is 14.8 Å². The highest BCUT2D eigenvalue weighted by molar-refractivity contribution is 6.23. The summed E-state index contributed by atoms with van der Waals surface area (Å²) < 4.78 is 13.3. The third-order valence-corrected chi connectivity index (χ3v) is 8.04. The number of hydrogen-bond acceptors (Lipinski definition) is 6. The van der Waals surface area contributed by atoms with E-state index < -0.39 is 0 Å². The average Bonchev–Trinajstić information content (AvgIpc) is 3.23. The van der Waals surface area contributed by atoms with Crippen molar-refractivity contribution in [3.8, 4) is 0 Å². The van der Waals surface area contributed by atoms with Crippen molar-refractivity contribution in [3.05, 3.63) is 89.5 Å². The number of piperidine rings is 1. The Bertz CT molecular complexity index is 1380. The molecule has 8 nitrogen and oxygen atoms in total. The van der Waals surface area contributed by atoms with Gasteiger partial charge < -0.3 is 14.7 Å². The van der Waals surface area contributed by atoms with Crippen LogP contribution in [0.4, 0.5) is 15.8 Å². The van der Waals surface area contributed by atoms with E-state index in [1.54, 1.807) is 42.7 Å². The first-order valence-corrected chi connectivity index (χ1v) is 13.4. The highest BCUT2D eigenvalue weighted by Gasteiger charge is 2.39. The van der Waals surface area contributed by atoms with E-state index in [1.165, 1.54) is 17.0 Å². The molecule has 9 heteroatoms. The molecular weight excluding hydrogens is 497 g/mol. The van der Waals surface area contributed by atoms with Gasteiger partial charge in [0.25, 0.3) is 11.8 Å². The third-order valence-electron chi connectivity index (χ3n) is 8.04. The van der Waals surface area contributed by atoms with E-state index in [0.717, 1.165) is 30.0 Å². The Morgan fingerprint density at radius 3 is 2.21 bits per heavy atom. The molecule has 2 aromatic carbocycles. The van der Waals surface area contributed by atoms with Crippen molar-refractivity contribution >= 4 is 29.1 Å². The molecule has 2 fully saturated rings. The van der Waals surface area contributed by atoms with Gasteiger partial charge in [-0.05, 0) is 66.9 Å². The van der Waals surface area contributed by atoms with Crippen LogP contribution >= 0.6 is 0 Å². The fourth-order valence-electron chi connectivity index (χ4n) is 5.86. The first-order valence-electron chi connectivity index (χ1n) is 13.4. The number of hydrogen-bond donors (Lipinski definition) is 0. The first-order chi connectivity index (χ1) is 19.0. The summed E-state index contributed by atoms with van der Waals surface area (Å²) in [6, 6.07) is 15.5. The van der Waals surface area contributed by atoms with E-state index in [-0.39, 0.29) is 36.0 Å². The summed E-state index contributed by atoms with van der Waals surface area (Å²) in [4.78, 5) is 51.3. The van der Waals surface area contributed by atoms with Gasteiger partial charge in [-0.1, -0.05) is 6.07 Å². The summed E-state index contributed by atoms with van der Waals surface area (Å²) >= 11 is 0. The Labute approximate surface area is 226 Å². The van der Waals surface area contributed by atoms with Gasteiger partial charge in [-0.3, -0.25) is 24.3 Å². The molecule has 4 heterocycles. The quantitative estimate of drug-likeness (QED) is 0.472. The first kappa shape index (κ1) is 25.0. The highest BCUT2D eigenvalue weighted by atomic mass is 19.1. The molecule has 3 amide bonds. The van der Waals surface area contributed by atoms with Crippen LogP contribution in [0.2, 0.25) is 0 Å². The molecule has 39 heavy (non-hydrogen) atoms. The number of benzene rings is 2. The second-order valence-corrected chi connectivity index (χ2v) is 10.3.